The number of rotatable bonds is 4. The van der Waals surface area contributed by atoms with E-state index in [1.54, 1.807) is 14.2 Å². The lowest BCUT2D eigenvalue weighted by Crippen LogP contribution is -2.27. The van der Waals surface area contributed by atoms with Gasteiger partial charge in [-0.3, -0.25) is 0 Å². The van der Waals surface area contributed by atoms with E-state index in [-0.39, 0.29) is 5.91 Å². The molecule has 3 heteroatoms. The molecule has 2 fully saturated rings. The van der Waals surface area contributed by atoms with Crippen molar-refractivity contribution in [2.45, 2.75) is 37.1 Å². The molecule has 2 aliphatic rings. The minimum Gasteiger partial charge on any atom is -0.360 e. The average molecular weight is 198 g/mol. The van der Waals surface area contributed by atoms with Gasteiger partial charge in [-0.05, 0) is 30.2 Å². The molecule has 2 rings (SSSR count). The molecule has 2 bridgehead atoms. The van der Waals surface area contributed by atoms with Crippen molar-refractivity contribution < 1.29 is 9.47 Å². The molecule has 0 saturated heterocycles. The SMILES string of the molecule is COC(OC)[Si]C1CC2CCC1C2. The Morgan fingerprint density at radius 3 is 2.38 bits per heavy atom. The van der Waals surface area contributed by atoms with Gasteiger partial charge in [-0.1, -0.05) is 12.8 Å². The second-order valence-corrected chi connectivity index (χ2v) is 5.80. The molecule has 13 heavy (non-hydrogen) atoms. The van der Waals surface area contributed by atoms with Crippen LogP contribution in [-0.2, 0) is 9.47 Å². The van der Waals surface area contributed by atoms with E-state index in [0.717, 1.165) is 26.9 Å². The number of fused-ring (bicyclic) bond motifs is 2. The van der Waals surface area contributed by atoms with Crippen molar-refractivity contribution in [1.82, 2.24) is 0 Å². The molecule has 0 aromatic carbocycles. The van der Waals surface area contributed by atoms with Gasteiger partial charge in [0, 0.05) is 14.2 Å². The summed E-state index contributed by atoms with van der Waals surface area (Å²) in [6.07, 6.45) is 5.86. The Balaban J connectivity index is 1.82. The van der Waals surface area contributed by atoms with Crippen LogP contribution in [0, 0.1) is 11.8 Å². The normalized spacial score (nSPS) is 37.6. The van der Waals surface area contributed by atoms with Gasteiger partial charge >= 0.3 is 0 Å². The van der Waals surface area contributed by atoms with Crippen molar-refractivity contribution in [2.75, 3.05) is 14.2 Å². The summed E-state index contributed by atoms with van der Waals surface area (Å²) in [5.41, 5.74) is 0.906. The van der Waals surface area contributed by atoms with Gasteiger partial charge in [0.1, 0.15) is 15.4 Å². The highest BCUT2D eigenvalue weighted by Gasteiger charge is 2.40. The smallest absolute Gasteiger partial charge is 0.136 e. The van der Waals surface area contributed by atoms with Gasteiger partial charge < -0.3 is 9.47 Å². The fourth-order valence-electron chi connectivity index (χ4n) is 2.86. The van der Waals surface area contributed by atoms with Crippen molar-refractivity contribution in [3.8, 4) is 0 Å². The van der Waals surface area contributed by atoms with Crippen LogP contribution in [0.25, 0.3) is 0 Å². The predicted molar refractivity (Wildman–Crippen MR) is 52.8 cm³/mol. The Kier molecular flexibility index (Phi) is 3.06. The summed E-state index contributed by atoms with van der Waals surface area (Å²) in [5.74, 6) is 2.09. The number of ether oxygens (including phenoxy) is 2. The number of hydrogen-bond donors (Lipinski definition) is 0. The standard InChI is InChI=1S/C10H18O2Si/c1-11-10(12-2)13-9-6-7-3-4-8(9)5-7/h7-10H,3-6H2,1-2H3. The lowest BCUT2D eigenvalue weighted by atomic mass is 10.0. The van der Waals surface area contributed by atoms with Gasteiger partial charge in [-0.15, -0.1) is 0 Å². The zero-order valence-corrected chi connectivity index (χ0v) is 9.45. The highest BCUT2D eigenvalue weighted by Crippen LogP contribution is 2.51. The molecule has 0 aromatic rings. The molecule has 2 aliphatic carbocycles. The van der Waals surface area contributed by atoms with Crippen LogP contribution in [0.2, 0.25) is 5.54 Å². The molecule has 74 valence electrons. The lowest BCUT2D eigenvalue weighted by Gasteiger charge is -2.23. The summed E-state index contributed by atoms with van der Waals surface area (Å²) >= 11 is 0. The van der Waals surface area contributed by atoms with E-state index in [4.69, 9.17) is 9.47 Å². The molecule has 2 saturated carbocycles. The van der Waals surface area contributed by atoms with Gasteiger partial charge in [-0.25, -0.2) is 0 Å². The van der Waals surface area contributed by atoms with Crippen molar-refractivity contribution in [1.29, 1.82) is 0 Å². The van der Waals surface area contributed by atoms with E-state index in [2.05, 4.69) is 0 Å². The number of hydrogen-bond acceptors (Lipinski definition) is 2. The second-order valence-electron chi connectivity index (χ2n) is 4.25. The van der Waals surface area contributed by atoms with Crippen molar-refractivity contribution in [3.05, 3.63) is 0 Å². The highest BCUT2D eigenvalue weighted by molar-refractivity contribution is 6.39. The quantitative estimate of drug-likeness (QED) is 0.507. The molecular formula is C10H18O2Si. The molecule has 0 aromatic heterocycles. The van der Waals surface area contributed by atoms with Crippen LogP contribution in [0.15, 0.2) is 0 Å². The van der Waals surface area contributed by atoms with Crippen molar-refractivity contribution in [2.24, 2.45) is 11.8 Å². The van der Waals surface area contributed by atoms with Crippen molar-refractivity contribution >= 4 is 9.52 Å². The average Bonchev–Trinajstić information content (AvgIpc) is 2.75. The Bertz CT molecular complexity index is 170. The minimum atomic E-state index is 0.0596. The highest BCUT2D eigenvalue weighted by atomic mass is 28.2. The maximum absolute atomic E-state index is 5.26. The Morgan fingerprint density at radius 1 is 1.15 bits per heavy atom. The second kappa shape index (κ2) is 4.11. The van der Waals surface area contributed by atoms with E-state index < -0.39 is 0 Å². The van der Waals surface area contributed by atoms with Crippen LogP contribution in [0.1, 0.15) is 25.7 Å². The van der Waals surface area contributed by atoms with Gasteiger partial charge in [0.15, 0.2) is 0 Å². The summed E-state index contributed by atoms with van der Waals surface area (Å²) in [7, 11) is 4.34. The Morgan fingerprint density at radius 2 is 1.92 bits per heavy atom. The van der Waals surface area contributed by atoms with Gasteiger partial charge in [0.2, 0.25) is 0 Å². The van der Waals surface area contributed by atoms with Crippen LogP contribution >= 0.6 is 0 Å². The molecule has 3 atom stereocenters. The topological polar surface area (TPSA) is 18.5 Å². The van der Waals surface area contributed by atoms with E-state index in [0.29, 0.717) is 0 Å². The van der Waals surface area contributed by atoms with Crippen LogP contribution in [0.3, 0.4) is 0 Å². The van der Waals surface area contributed by atoms with E-state index in [1.807, 2.05) is 0 Å². The zero-order chi connectivity index (χ0) is 9.26. The summed E-state index contributed by atoms with van der Waals surface area (Å²) in [4.78, 5) is 0. The van der Waals surface area contributed by atoms with Gasteiger partial charge in [0.25, 0.3) is 0 Å². The van der Waals surface area contributed by atoms with E-state index >= 15 is 0 Å². The molecule has 0 heterocycles. The summed E-state index contributed by atoms with van der Waals surface area (Å²) < 4.78 is 10.5. The van der Waals surface area contributed by atoms with E-state index in [1.165, 1.54) is 25.7 Å². The maximum Gasteiger partial charge on any atom is 0.136 e. The molecular weight excluding hydrogens is 180 g/mol. The Hall–Kier alpha value is 0.137. The fourth-order valence-corrected chi connectivity index (χ4v) is 4.52. The fraction of sp³-hybridized carbons (Fsp3) is 1.00. The molecule has 0 amide bonds. The van der Waals surface area contributed by atoms with Crippen LogP contribution in [0.4, 0.5) is 0 Å². The van der Waals surface area contributed by atoms with Crippen LogP contribution in [-0.4, -0.2) is 29.7 Å². The van der Waals surface area contributed by atoms with Gasteiger partial charge in [-0.2, -0.15) is 0 Å². The Labute approximate surface area is 82.8 Å². The maximum atomic E-state index is 5.26. The lowest BCUT2D eigenvalue weighted by molar-refractivity contribution is -0.0452. The predicted octanol–water partition coefficient (Wildman–Crippen LogP) is 1.88. The van der Waals surface area contributed by atoms with E-state index in [9.17, 15) is 0 Å². The van der Waals surface area contributed by atoms with Crippen molar-refractivity contribution in [3.63, 3.8) is 0 Å². The third kappa shape index (κ3) is 1.97. The first kappa shape index (κ1) is 9.68. The summed E-state index contributed by atoms with van der Waals surface area (Å²) in [6, 6.07) is 0. The summed E-state index contributed by atoms with van der Waals surface area (Å²) in [5, 5.41) is 0. The van der Waals surface area contributed by atoms with Crippen LogP contribution < -0.4 is 0 Å². The largest absolute Gasteiger partial charge is 0.360 e. The molecule has 3 unspecified atom stereocenters. The zero-order valence-electron chi connectivity index (χ0n) is 8.45. The number of methoxy groups -OCH3 is 2. The molecule has 0 N–H and O–H groups in total. The monoisotopic (exact) mass is 198 g/mol. The minimum absolute atomic E-state index is 0.0596. The molecule has 0 aliphatic heterocycles. The summed E-state index contributed by atoms with van der Waals surface area (Å²) in [6.45, 7) is 0. The molecule has 2 nitrogen and oxygen atoms in total. The first-order chi connectivity index (χ1) is 6.33. The van der Waals surface area contributed by atoms with Gasteiger partial charge in [0.05, 0.1) is 0 Å². The third-order valence-corrected chi connectivity index (χ3v) is 5.40. The molecule has 0 spiro atoms. The van der Waals surface area contributed by atoms with Crippen LogP contribution in [0.5, 0.6) is 0 Å². The first-order valence-electron chi connectivity index (χ1n) is 5.15. The first-order valence-corrected chi connectivity index (χ1v) is 6.30. The molecule has 2 radical (unpaired) electrons. The third-order valence-electron chi connectivity index (χ3n) is 3.52.